The minimum absolute atomic E-state index is 0.101. The second-order valence-corrected chi connectivity index (χ2v) is 7.70. The second-order valence-electron chi connectivity index (χ2n) is 7.70. The van der Waals surface area contributed by atoms with E-state index in [-0.39, 0.29) is 17.9 Å². The van der Waals surface area contributed by atoms with Crippen LogP contribution in [0.3, 0.4) is 0 Å². The van der Waals surface area contributed by atoms with Gasteiger partial charge in [-0.25, -0.2) is 0 Å². The van der Waals surface area contributed by atoms with Gasteiger partial charge < -0.3 is 15.4 Å². The number of carbonyl (C=O) groups excluding carboxylic acids is 2. The summed E-state index contributed by atoms with van der Waals surface area (Å²) in [5.41, 5.74) is 4.22. The van der Waals surface area contributed by atoms with Crippen LogP contribution in [0.15, 0.2) is 72.8 Å². The van der Waals surface area contributed by atoms with Crippen molar-refractivity contribution in [3.05, 3.63) is 95.1 Å². The molecule has 31 heavy (non-hydrogen) atoms. The molecule has 0 aromatic heterocycles. The van der Waals surface area contributed by atoms with Crippen molar-refractivity contribution in [3.63, 3.8) is 0 Å². The van der Waals surface area contributed by atoms with E-state index in [9.17, 15) is 9.59 Å². The van der Waals surface area contributed by atoms with E-state index in [4.69, 9.17) is 4.74 Å². The van der Waals surface area contributed by atoms with E-state index in [1.54, 1.807) is 31.2 Å². The van der Waals surface area contributed by atoms with Crippen LogP contribution in [0.4, 0.5) is 5.69 Å². The Balaban J connectivity index is 1.57. The van der Waals surface area contributed by atoms with E-state index in [0.29, 0.717) is 17.0 Å². The van der Waals surface area contributed by atoms with Crippen LogP contribution in [0.25, 0.3) is 0 Å². The Morgan fingerprint density at radius 3 is 2.23 bits per heavy atom. The molecule has 0 saturated carbocycles. The van der Waals surface area contributed by atoms with Crippen molar-refractivity contribution in [2.75, 3.05) is 5.32 Å². The fraction of sp³-hybridized carbons (Fsp3) is 0.231. The first kappa shape index (κ1) is 22.1. The van der Waals surface area contributed by atoms with Crippen LogP contribution < -0.4 is 15.4 Å². The number of benzene rings is 3. The lowest BCUT2D eigenvalue weighted by atomic mass is 10.1. The first-order valence-electron chi connectivity index (χ1n) is 10.3. The molecule has 2 amide bonds. The molecule has 0 aliphatic rings. The molecule has 0 saturated heterocycles. The third kappa shape index (κ3) is 5.95. The highest BCUT2D eigenvalue weighted by atomic mass is 16.5. The van der Waals surface area contributed by atoms with Gasteiger partial charge in [0.1, 0.15) is 5.75 Å². The van der Waals surface area contributed by atoms with E-state index in [2.05, 4.69) is 10.6 Å². The Labute approximate surface area is 183 Å². The Hall–Kier alpha value is -3.60. The molecule has 5 heteroatoms. The van der Waals surface area contributed by atoms with Crippen LogP contribution >= 0.6 is 0 Å². The number of anilines is 1. The maximum absolute atomic E-state index is 12.5. The average Bonchev–Trinajstić information content (AvgIpc) is 2.77. The number of aryl methyl sites for hydroxylation is 2. The first-order valence-corrected chi connectivity index (χ1v) is 10.3. The van der Waals surface area contributed by atoms with Gasteiger partial charge in [-0.3, -0.25) is 9.59 Å². The van der Waals surface area contributed by atoms with Gasteiger partial charge in [-0.2, -0.15) is 0 Å². The summed E-state index contributed by atoms with van der Waals surface area (Å²) in [5, 5.41) is 5.81. The van der Waals surface area contributed by atoms with E-state index < -0.39 is 6.10 Å². The maximum atomic E-state index is 12.5. The summed E-state index contributed by atoms with van der Waals surface area (Å²) in [4.78, 5) is 25.0. The van der Waals surface area contributed by atoms with Crippen molar-refractivity contribution < 1.29 is 14.3 Å². The third-order valence-corrected chi connectivity index (χ3v) is 5.08. The molecule has 0 spiro atoms. The molecule has 3 rings (SSSR count). The fourth-order valence-electron chi connectivity index (χ4n) is 3.13. The quantitative estimate of drug-likeness (QED) is 0.556. The molecule has 0 aliphatic carbocycles. The predicted octanol–water partition coefficient (Wildman–Crippen LogP) is 5.20. The van der Waals surface area contributed by atoms with Crippen molar-refractivity contribution in [1.29, 1.82) is 0 Å². The zero-order valence-electron chi connectivity index (χ0n) is 18.3. The van der Waals surface area contributed by atoms with Crippen molar-refractivity contribution >= 4 is 17.5 Å². The summed E-state index contributed by atoms with van der Waals surface area (Å²) in [7, 11) is 0. The van der Waals surface area contributed by atoms with Crippen LogP contribution in [-0.2, 0) is 4.79 Å². The molecule has 0 radical (unpaired) electrons. The van der Waals surface area contributed by atoms with Gasteiger partial charge in [0.2, 0.25) is 0 Å². The number of nitrogens with one attached hydrogen (secondary N) is 2. The summed E-state index contributed by atoms with van der Waals surface area (Å²) in [6, 6.07) is 22.4. The molecule has 3 aromatic carbocycles. The monoisotopic (exact) mass is 416 g/mol. The average molecular weight is 417 g/mol. The molecule has 0 bridgehead atoms. The number of ether oxygens (including phenoxy) is 1. The van der Waals surface area contributed by atoms with Crippen molar-refractivity contribution in [2.45, 2.75) is 39.8 Å². The van der Waals surface area contributed by atoms with Crippen LogP contribution in [-0.4, -0.2) is 17.9 Å². The van der Waals surface area contributed by atoms with Gasteiger partial charge in [0, 0.05) is 11.3 Å². The smallest absolute Gasteiger partial charge is 0.265 e. The minimum Gasteiger partial charge on any atom is -0.481 e. The topological polar surface area (TPSA) is 67.4 Å². The third-order valence-electron chi connectivity index (χ3n) is 5.08. The molecule has 5 nitrogen and oxygen atoms in total. The molecule has 160 valence electrons. The molecular weight excluding hydrogens is 388 g/mol. The van der Waals surface area contributed by atoms with Gasteiger partial charge in [0.15, 0.2) is 6.10 Å². The summed E-state index contributed by atoms with van der Waals surface area (Å²) in [6.07, 6.45) is -0.657. The SMILES string of the molecule is Cc1ccc(C)c(OC(C)C(=O)Nc2ccc(C(=O)NC(C)c3ccccc3)cc2)c1. The van der Waals surface area contributed by atoms with Crippen LogP contribution in [0, 0.1) is 13.8 Å². The van der Waals surface area contributed by atoms with E-state index >= 15 is 0 Å². The van der Waals surface area contributed by atoms with Gasteiger partial charge in [-0.1, -0.05) is 42.5 Å². The van der Waals surface area contributed by atoms with Crippen molar-refractivity contribution in [1.82, 2.24) is 5.32 Å². The van der Waals surface area contributed by atoms with E-state index in [1.807, 2.05) is 69.3 Å². The number of amides is 2. The number of rotatable bonds is 7. The summed E-state index contributed by atoms with van der Waals surface area (Å²) < 4.78 is 5.83. The standard InChI is InChI=1S/C26H28N2O3/c1-17-10-11-18(2)24(16-17)31-20(4)25(29)28-23-14-12-22(13-15-23)26(30)27-19(3)21-8-6-5-7-9-21/h5-16,19-20H,1-4H3,(H,27,30)(H,28,29). The Bertz CT molecular complexity index is 1050. The minimum atomic E-state index is -0.657. The number of hydrogen-bond acceptors (Lipinski definition) is 3. The van der Waals surface area contributed by atoms with Gasteiger partial charge in [0.05, 0.1) is 6.04 Å². The Morgan fingerprint density at radius 1 is 0.871 bits per heavy atom. The highest BCUT2D eigenvalue weighted by Crippen LogP contribution is 2.21. The normalized spacial score (nSPS) is 12.5. The summed E-state index contributed by atoms with van der Waals surface area (Å²) >= 11 is 0. The molecular formula is C26H28N2O3. The largest absolute Gasteiger partial charge is 0.481 e. The summed E-state index contributed by atoms with van der Waals surface area (Å²) in [6.45, 7) is 7.58. The predicted molar refractivity (Wildman–Crippen MR) is 123 cm³/mol. The molecule has 2 atom stereocenters. The fourth-order valence-corrected chi connectivity index (χ4v) is 3.13. The van der Waals surface area contributed by atoms with Gasteiger partial charge in [-0.05, 0) is 74.7 Å². The van der Waals surface area contributed by atoms with Crippen LogP contribution in [0.2, 0.25) is 0 Å². The summed E-state index contributed by atoms with van der Waals surface area (Å²) in [5.74, 6) is 0.277. The van der Waals surface area contributed by atoms with Crippen LogP contribution in [0.5, 0.6) is 5.75 Å². The zero-order valence-corrected chi connectivity index (χ0v) is 18.3. The molecule has 0 aliphatic heterocycles. The lowest BCUT2D eigenvalue weighted by Gasteiger charge is -2.17. The van der Waals surface area contributed by atoms with E-state index in [0.717, 1.165) is 16.7 Å². The Kier molecular flexibility index (Phi) is 7.08. The van der Waals surface area contributed by atoms with Gasteiger partial charge >= 0.3 is 0 Å². The highest BCUT2D eigenvalue weighted by Gasteiger charge is 2.17. The maximum Gasteiger partial charge on any atom is 0.265 e. The molecule has 0 fully saturated rings. The van der Waals surface area contributed by atoms with E-state index in [1.165, 1.54) is 0 Å². The van der Waals surface area contributed by atoms with Gasteiger partial charge in [0.25, 0.3) is 11.8 Å². The Morgan fingerprint density at radius 2 is 1.55 bits per heavy atom. The first-order chi connectivity index (χ1) is 14.8. The van der Waals surface area contributed by atoms with Gasteiger partial charge in [-0.15, -0.1) is 0 Å². The number of carbonyl (C=O) groups is 2. The molecule has 2 unspecified atom stereocenters. The second kappa shape index (κ2) is 9.94. The van der Waals surface area contributed by atoms with Crippen molar-refractivity contribution in [3.8, 4) is 5.75 Å². The lowest BCUT2D eigenvalue weighted by Crippen LogP contribution is -2.30. The molecule has 0 heterocycles. The molecule has 3 aromatic rings. The van der Waals surface area contributed by atoms with Crippen LogP contribution in [0.1, 0.15) is 46.9 Å². The lowest BCUT2D eigenvalue weighted by molar-refractivity contribution is -0.122. The molecule has 2 N–H and O–H groups in total. The zero-order chi connectivity index (χ0) is 22.4. The highest BCUT2D eigenvalue weighted by molar-refractivity contribution is 5.97. The number of hydrogen-bond donors (Lipinski definition) is 2. The van der Waals surface area contributed by atoms with Crippen molar-refractivity contribution in [2.24, 2.45) is 0 Å².